The highest BCUT2D eigenvalue weighted by atomic mass is 35.7. The van der Waals surface area contributed by atoms with Gasteiger partial charge in [0.2, 0.25) is 0 Å². The van der Waals surface area contributed by atoms with Crippen LogP contribution >= 0.6 is 32.0 Å². The maximum Gasteiger partial charge on any atom is 0.261 e. The minimum atomic E-state index is -4.36. The van der Waals surface area contributed by atoms with E-state index in [1.165, 1.54) is 12.1 Å². The van der Waals surface area contributed by atoms with Crippen molar-refractivity contribution in [3.8, 4) is 0 Å². The maximum atomic E-state index is 11.6. The summed E-state index contributed by atoms with van der Waals surface area (Å²) in [6.45, 7) is 0. The highest BCUT2D eigenvalue weighted by molar-refractivity contribution is 8.15. The zero-order chi connectivity index (χ0) is 16.9. The quantitative estimate of drug-likeness (QED) is 0.703. The smallest absolute Gasteiger partial charge is 0.207 e. The Hall–Kier alpha value is -0.580. The van der Waals surface area contributed by atoms with Crippen molar-refractivity contribution in [1.82, 2.24) is 0 Å². The molecule has 0 heterocycles. The number of hydrogen-bond donors (Lipinski definition) is 0. The van der Waals surface area contributed by atoms with Crippen molar-refractivity contribution < 1.29 is 25.3 Å². The lowest BCUT2D eigenvalue weighted by atomic mass is 10.1. The van der Waals surface area contributed by atoms with Gasteiger partial charge in [-0.15, -0.1) is 0 Å². The normalized spacial score (nSPS) is 13.4. The fourth-order valence-electron chi connectivity index (χ4n) is 1.85. The molecule has 0 aliphatic carbocycles. The van der Waals surface area contributed by atoms with Gasteiger partial charge in [0.25, 0.3) is 27.2 Å². The van der Waals surface area contributed by atoms with Gasteiger partial charge in [0.05, 0.1) is 14.7 Å². The molecule has 0 aliphatic rings. The molecule has 12 heteroatoms. The fraction of sp³-hybridized carbons (Fsp3) is 0. The van der Waals surface area contributed by atoms with Crippen molar-refractivity contribution in [3.63, 3.8) is 0 Å². The van der Waals surface area contributed by atoms with Crippen LogP contribution in [0.25, 0.3) is 10.8 Å². The molecular formula is C10H5Cl3O6S3. The summed E-state index contributed by atoms with van der Waals surface area (Å²) in [6.07, 6.45) is 0. The molecule has 0 aliphatic heterocycles. The summed E-state index contributed by atoms with van der Waals surface area (Å²) in [5.41, 5.74) is 0. The van der Waals surface area contributed by atoms with Crippen LogP contribution in [0.15, 0.2) is 45.0 Å². The van der Waals surface area contributed by atoms with Crippen molar-refractivity contribution in [2.75, 3.05) is 0 Å². The minimum absolute atomic E-state index is 0.0965. The third kappa shape index (κ3) is 3.50. The first-order valence-electron chi connectivity index (χ1n) is 5.22. The molecule has 0 spiro atoms. The second-order valence-electron chi connectivity index (χ2n) is 4.09. The van der Waals surface area contributed by atoms with E-state index in [0.29, 0.717) is 0 Å². The second-order valence-corrected chi connectivity index (χ2v) is 11.7. The predicted octanol–water partition coefficient (Wildman–Crippen LogP) is 2.62. The first-order valence-corrected chi connectivity index (χ1v) is 12.2. The van der Waals surface area contributed by atoms with Crippen LogP contribution in [0, 0.1) is 0 Å². The van der Waals surface area contributed by atoms with Gasteiger partial charge < -0.3 is 0 Å². The van der Waals surface area contributed by atoms with Gasteiger partial charge >= 0.3 is 0 Å². The van der Waals surface area contributed by atoms with Crippen molar-refractivity contribution in [2.24, 2.45) is 0 Å². The zero-order valence-corrected chi connectivity index (χ0v) is 14.9. The molecule has 6 nitrogen and oxygen atoms in total. The third-order valence-electron chi connectivity index (χ3n) is 2.70. The lowest BCUT2D eigenvalue weighted by Crippen LogP contribution is -2.00. The van der Waals surface area contributed by atoms with Crippen LogP contribution < -0.4 is 0 Å². The number of rotatable bonds is 3. The van der Waals surface area contributed by atoms with E-state index in [9.17, 15) is 25.3 Å². The number of fused-ring (bicyclic) bond motifs is 1. The minimum Gasteiger partial charge on any atom is -0.207 e. The summed E-state index contributed by atoms with van der Waals surface area (Å²) in [7, 11) is 2.81. The highest BCUT2D eigenvalue weighted by Crippen LogP contribution is 2.34. The molecule has 0 unspecified atom stereocenters. The van der Waals surface area contributed by atoms with Crippen LogP contribution in [0.4, 0.5) is 0 Å². The Morgan fingerprint density at radius 1 is 0.636 bits per heavy atom. The summed E-state index contributed by atoms with van der Waals surface area (Å²) >= 11 is 0. The Balaban J connectivity index is 3.17. The molecule has 0 amide bonds. The van der Waals surface area contributed by atoms with Gasteiger partial charge in [0.15, 0.2) is 0 Å². The number of hydrogen-bond acceptors (Lipinski definition) is 6. The Morgan fingerprint density at radius 2 is 1.18 bits per heavy atom. The molecule has 0 aromatic heterocycles. The Labute approximate surface area is 139 Å². The van der Waals surface area contributed by atoms with Crippen LogP contribution in [0.3, 0.4) is 0 Å². The molecule has 0 saturated carbocycles. The summed E-state index contributed by atoms with van der Waals surface area (Å²) in [5.74, 6) is 0. The molecule has 0 radical (unpaired) electrons. The first-order chi connectivity index (χ1) is 9.82. The Kier molecular flexibility index (Phi) is 4.44. The molecule has 2 aromatic rings. The summed E-state index contributed by atoms with van der Waals surface area (Å²) in [4.78, 5) is -1.67. The third-order valence-corrected chi connectivity index (χ3v) is 6.77. The van der Waals surface area contributed by atoms with Gasteiger partial charge in [-0.1, -0.05) is 12.1 Å². The molecule has 120 valence electrons. The van der Waals surface area contributed by atoms with E-state index in [1.807, 2.05) is 0 Å². The lowest BCUT2D eigenvalue weighted by molar-refractivity contribution is 0.606. The molecular weight excluding hydrogens is 419 g/mol. The van der Waals surface area contributed by atoms with E-state index in [1.54, 1.807) is 0 Å². The van der Waals surface area contributed by atoms with Gasteiger partial charge in [-0.3, -0.25) is 0 Å². The first kappa shape index (κ1) is 17.8. The fourth-order valence-corrected chi connectivity index (χ4v) is 4.88. The van der Waals surface area contributed by atoms with Crippen LogP contribution in [0.1, 0.15) is 0 Å². The van der Waals surface area contributed by atoms with E-state index >= 15 is 0 Å². The summed E-state index contributed by atoms with van der Waals surface area (Å²) in [5, 5.41) is -0.320. The lowest BCUT2D eigenvalue weighted by Gasteiger charge is -2.09. The monoisotopic (exact) mass is 422 g/mol. The van der Waals surface area contributed by atoms with Gasteiger partial charge in [0.1, 0.15) is 0 Å². The predicted molar refractivity (Wildman–Crippen MR) is 83.1 cm³/mol. The van der Waals surface area contributed by atoms with E-state index < -0.39 is 41.8 Å². The molecule has 0 bridgehead atoms. The molecule has 2 rings (SSSR count). The van der Waals surface area contributed by atoms with E-state index in [0.717, 1.165) is 18.2 Å². The zero-order valence-electron chi connectivity index (χ0n) is 10.2. The van der Waals surface area contributed by atoms with E-state index in [2.05, 4.69) is 0 Å². The second kappa shape index (κ2) is 5.50. The average Bonchev–Trinajstić information content (AvgIpc) is 2.33. The van der Waals surface area contributed by atoms with E-state index in [-0.39, 0.29) is 10.8 Å². The van der Waals surface area contributed by atoms with Crippen LogP contribution in [0.2, 0.25) is 0 Å². The van der Waals surface area contributed by atoms with Gasteiger partial charge in [-0.2, -0.15) is 0 Å². The van der Waals surface area contributed by atoms with Crippen LogP contribution in [-0.4, -0.2) is 25.3 Å². The summed E-state index contributed by atoms with van der Waals surface area (Å²) in [6, 6.07) is 5.27. The molecule has 0 saturated heterocycles. The Morgan fingerprint density at radius 3 is 1.64 bits per heavy atom. The topological polar surface area (TPSA) is 102 Å². The molecule has 0 atom stereocenters. The van der Waals surface area contributed by atoms with Gasteiger partial charge in [0, 0.05) is 42.8 Å². The summed E-state index contributed by atoms with van der Waals surface area (Å²) < 4.78 is 69.3. The maximum absolute atomic E-state index is 11.6. The van der Waals surface area contributed by atoms with Crippen molar-refractivity contribution in [3.05, 3.63) is 30.3 Å². The largest absolute Gasteiger partial charge is 0.261 e. The number of halogens is 3. The highest BCUT2D eigenvalue weighted by Gasteiger charge is 2.24. The molecule has 0 N–H and O–H groups in total. The van der Waals surface area contributed by atoms with Crippen molar-refractivity contribution in [1.29, 1.82) is 0 Å². The van der Waals surface area contributed by atoms with Gasteiger partial charge in [-0.25, -0.2) is 25.3 Å². The SMILES string of the molecule is O=S(=O)(Cl)c1cc(S(=O)(=O)Cl)c2cccc(S(=O)(=O)Cl)c2c1. The van der Waals surface area contributed by atoms with E-state index in [4.69, 9.17) is 32.0 Å². The molecule has 2 aromatic carbocycles. The standard InChI is InChI=1S/C10H5Cl3O6S3/c11-20(14,15)6-4-8-7(10(5-6)22(13,18)19)2-1-3-9(8)21(12,16)17/h1-5H. The number of benzene rings is 2. The van der Waals surface area contributed by atoms with Crippen LogP contribution in [0.5, 0.6) is 0 Å². The van der Waals surface area contributed by atoms with Gasteiger partial charge in [-0.05, 0) is 18.2 Å². The van der Waals surface area contributed by atoms with Crippen LogP contribution in [-0.2, 0) is 27.2 Å². The molecule has 22 heavy (non-hydrogen) atoms. The Bertz CT molecular complexity index is 1090. The van der Waals surface area contributed by atoms with Crippen molar-refractivity contribution >= 4 is 70.0 Å². The van der Waals surface area contributed by atoms with Crippen molar-refractivity contribution in [2.45, 2.75) is 14.7 Å². The average molecular weight is 424 g/mol. The molecule has 0 fully saturated rings.